The molecule has 1 unspecified atom stereocenters. The fourth-order valence-corrected chi connectivity index (χ4v) is 3.02. The first-order valence-corrected chi connectivity index (χ1v) is 8.25. The van der Waals surface area contributed by atoms with Crippen molar-refractivity contribution in [3.05, 3.63) is 68.3 Å². The molecule has 2 heteroatoms. The second-order valence-electron chi connectivity index (χ2n) is 5.30. The lowest BCUT2D eigenvalue weighted by Crippen LogP contribution is -2.24. The minimum atomic E-state index is 0.282. The van der Waals surface area contributed by atoms with Gasteiger partial charge in [0.25, 0.3) is 0 Å². The van der Waals surface area contributed by atoms with Gasteiger partial charge in [-0.25, -0.2) is 0 Å². The van der Waals surface area contributed by atoms with E-state index in [4.69, 9.17) is 0 Å². The Kier molecular flexibility index (Phi) is 5.61. The van der Waals surface area contributed by atoms with E-state index in [1.807, 2.05) is 0 Å². The van der Waals surface area contributed by atoms with Crippen LogP contribution in [0, 0.1) is 17.4 Å². The standard InChI is InChI=1S/C18H22IN/c1-4-10-20-18(15-6-5-7-16(19)12-15)17-11-13(2)8-9-14(17)3/h5-9,11-12,18,20H,4,10H2,1-3H3. The second kappa shape index (κ2) is 7.23. The summed E-state index contributed by atoms with van der Waals surface area (Å²) in [5.74, 6) is 0. The van der Waals surface area contributed by atoms with E-state index in [1.54, 1.807) is 0 Å². The molecule has 1 atom stereocenters. The molecule has 0 fully saturated rings. The van der Waals surface area contributed by atoms with Crippen LogP contribution in [0.5, 0.6) is 0 Å². The Labute approximate surface area is 135 Å². The van der Waals surface area contributed by atoms with Gasteiger partial charge in [0.05, 0.1) is 6.04 Å². The molecule has 0 amide bonds. The molecule has 1 N–H and O–H groups in total. The van der Waals surface area contributed by atoms with Crippen LogP contribution in [0.1, 0.15) is 41.6 Å². The van der Waals surface area contributed by atoms with Crippen LogP contribution in [-0.2, 0) is 0 Å². The molecule has 0 bridgehead atoms. The van der Waals surface area contributed by atoms with E-state index in [0.717, 1.165) is 13.0 Å². The van der Waals surface area contributed by atoms with E-state index < -0.39 is 0 Å². The zero-order valence-corrected chi connectivity index (χ0v) is 14.6. The largest absolute Gasteiger partial charge is 0.306 e. The Morgan fingerprint density at radius 3 is 2.60 bits per heavy atom. The number of nitrogens with one attached hydrogen (secondary N) is 1. The number of hydrogen-bond acceptors (Lipinski definition) is 1. The van der Waals surface area contributed by atoms with E-state index in [1.165, 1.54) is 25.8 Å². The minimum Gasteiger partial charge on any atom is -0.306 e. The third kappa shape index (κ3) is 3.83. The number of halogens is 1. The topological polar surface area (TPSA) is 12.0 Å². The van der Waals surface area contributed by atoms with Crippen molar-refractivity contribution in [1.82, 2.24) is 5.32 Å². The highest BCUT2D eigenvalue weighted by Crippen LogP contribution is 2.27. The molecule has 0 saturated heterocycles. The van der Waals surface area contributed by atoms with Crippen LogP contribution in [0.2, 0.25) is 0 Å². The number of rotatable bonds is 5. The van der Waals surface area contributed by atoms with Gasteiger partial charge in [-0.05, 0) is 78.2 Å². The third-order valence-electron chi connectivity index (χ3n) is 3.53. The summed E-state index contributed by atoms with van der Waals surface area (Å²) in [6.45, 7) is 7.60. The molecule has 1 nitrogen and oxygen atoms in total. The molecule has 0 radical (unpaired) electrons. The van der Waals surface area contributed by atoms with E-state index in [-0.39, 0.29) is 6.04 Å². The van der Waals surface area contributed by atoms with Gasteiger partial charge in [-0.2, -0.15) is 0 Å². The third-order valence-corrected chi connectivity index (χ3v) is 4.20. The van der Waals surface area contributed by atoms with E-state index >= 15 is 0 Å². The Morgan fingerprint density at radius 2 is 1.90 bits per heavy atom. The molecule has 0 aliphatic rings. The van der Waals surface area contributed by atoms with E-state index in [9.17, 15) is 0 Å². The second-order valence-corrected chi connectivity index (χ2v) is 6.55. The molecular weight excluding hydrogens is 357 g/mol. The van der Waals surface area contributed by atoms with Crippen molar-refractivity contribution in [3.63, 3.8) is 0 Å². The van der Waals surface area contributed by atoms with Crippen molar-refractivity contribution < 1.29 is 0 Å². The first-order chi connectivity index (χ1) is 9.61. The van der Waals surface area contributed by atoms with Crippen molar-refractivity contribution in [2.75, 3.05) is 6.54 Å². The highest BCUT2D eigenvalue weighted by Gasteiger charge is 2.15. The first-order valence-electron chi connectivity index (χ1n) is 7.18. The maximum absolute atomic E-state index is 3.69. The summed E-state index contributed by atoms with van der Waals surface area (Å²) < 4.78 is 1.29. The Morgan fingerprint density at radius 1 is 1.10 bits per heavy atom. The molecule has 2 aromatic carbocycles. The van der Waals surface area contributed by atoms with Crippen LogP contribution in [0.3, 0.4) is 0 Å². The Hall–Kier alpha value is -0.870. The summed E-state index contributed by atoms with van der Waals surface area (Å²) in [6.07, 6.45) is 1.14. The van der Waals surface area contributed by atoms with E-state index in [2.05, 4.69) is 91.1 Å². The van der Waals surface area contributed by atoms with Gasteiger partial charge < -0.3 is 5.32 Å². The fraction of sp³-hybridized carbons (Fsp3) is 0.333. The molecule has 0 saturated carbocycles. The molecule has 0 aromatic heterocycles. The zero-order chi connectivity index (χ0) is 14.5. The summed E-state index contributed by atoms with van der Waals surface area (Å²) >= 11 is 2.38. The summed E-state index contributed by atoms with van der Waals surface area (Å²) in [4.78, 5) is 0. The maximum Gasteiger partial charge on any atom is 0.0579 e. The fourth-order valence-electron chi connectivity index (χ4n) is 2.45. The van der Waals surface area contributed by atoms with Gasteiger partial charge >= 0.3 is 0 Å². The lowest BCUT2D eigenvalue weighted by atomic mass is 9.93. The predicted octanol–water partition coefficient (Wildman–Crippen LogP) is 5.00. The smallest absolute Gasteiger partial charge is 0.0579 e. The normalized spacial score (nSPS) is 12.4. The molecule has 20 heavy (non-hydrogen) atoms. The number of aryl methyl sites for hydroxylation is 2. The average molecular weight is 379 g/mol. The molecule has 0 heterocycles. The van der Waals surface area contributed by atoms with Crippen LogP contribution >= 0.6 is 22.6 Å². The summed E-state index contributed by atoms with van der Waals surface area (Å²) in [5.41, 5.74) is 5.40. The van der Waals surface area contributed by atoms with Crippen molar-refractivity contribution >= 4 is 22.6 Å². The van der Waals surface area contributed by atoms with Crippen molar-refractivity contribution in [2.24, 2.45) is 0 Å². The van der Waals surface area contributed by atoms with Gasteiger partial charge in [0.15, 0.2) is 0 Å². The molecule has 2 rings (SSSR count). The highest BCUT2D eigenvalue weighted by molar-refractivity contribution is 14.1. The highest BCUT2D eigenvalue weighted by atomic mass is 127. The minimum absolute atomic E-state index is 0.282. The summed E-state index contributed by atoms with van der Waals surface area (Å²) in [6, 6.07) is 15.8. The number of hydrogen-bond donors (Lipinski definition) is 1. The Balaban J connectivity index is 2.44. The zero-order valence-electron chi connectivity index (χ0n) is 12.4. The Bertz CT molecular complexity index is 577. The van der Waals surface area contributed by atoms with Crippen LogP contribution in [0.15, 0.2) is 42.5 Å². The van der Waals surface area contributed by atoms with Gasteiger partial charge in [0, 0.05) is 3.57 Å². The van der Waals surface area contributed by atoms with Crippen molar-refractivity contribution in [1.29, 1.82) is 0 Å². The maximum atomic E-state index is 3.69. The summed E-state index contributed by atoms with van der Waals surface area (Å²) in [5, 5.41) is 3.69. The van der Waals surface area contributed by atoms with Gasteiger partial charge in [-0.15, -0.1) is 0 Å². The van der Waals surface area contributed by atoms with Gasteiger partial charge in [0.1, 0.15) is 0 Å². The quantitative estimate of drug-likeness (QED) is 0.722. The van der Waals surface area contributed by atoms with Crippen molar-refractivity contribution in [3.8, 4) is 0 Å². The van der Waals surface area contributed by atoms with Crippen LogP contribution in [0.25, 0.3) is 0 Å². The molecule has 0 spiro atoms. The van der Waals surface area contributed by atoms with Crippen LogP contribution in [0.4, 0.5) is 0 Å². The van der Waals surface area contributed by atoms with Gasteiger partial charge in [-0.3, -0.25) is 0 Å². The molecule has 0 aliphatic carbocycles. The van der Waals surface area contributed by atoms with Gasteiger partial charge in [0.2, 0.25) is 0 Å². The monoisotopic (exact) mass is 379 g/mol. The van der Waals surface area contributed by atoms with Gasteiger partial charge in [-0.1, -0.05) is 42.8 Å². The molecule has 2 aromatic rings. The lowest BCUT2D eigenvalue weighted by Gasteiger charge is -2.22. The summed E-state index contributed by atoms with van der Waals surface area (Å²) in [7, 11) is 0. The first kappa shape index (κ1) is 15.5. The lowest BCUT2D eigenvalue weighted by molar-refractivity contribution is 0.596. The average Bonchev–Trinajstić information content (AvgIpc) is 2.43. The molecule has 0 aliphatic heterocycles. The molecular formula is C18H22IN. The number of benzene rings is 2. The van der Waals surface area contributed by atoms with Crippen LogP contribution < -0.4 is 5.32 Å². The van der Waals surface area contributed by atoms with Crippen molar-refractivity contribution in [2.45, 2.75) is 33.2 Å². The van der Waals surface area contributed by atoms with E-state index in [0.29, 0.717) is 0 Å². The SMILES string of the molecule is CCCNC(c1cccc(I)c1)c1cc(C)ccc1C. The van der Waals surface area contributed by atoms with Crippen LogP contribution in [-0.4, -0.2) is 6.54 Å². The molecule has 106 valence electrons. The predicted molar refractivity (Wildman–Crippen MR) is 95.2 cm³/mol.